The maximum atomic E-state index is 12.0. The Hall–Kier alpha value is -1.56. The summed E-state index contributed by atoms with van der Waals surface area (Å²) < 4.78 is 29.4. The summed E-state index contributed by atoms with van der Waals surface area (Å²) in [6.45, 7) is 3.94. The monoisotopic (exact) mass is 285 g/mol. The van der Waals surface area contributed by atoms with Crippen molar-refractivity contribution in [2.75, 3.05) is 6.61 Å². The molecule has 106 valence electrons. The minimum absolute atomic E-state index is 0.0710. The minimum Gasteiger partial charge on any atom is -0.494 e. The molecule has 0 fully saturated rings. The number of amides is 1. The Balaban J connectivity index is 2.84. The smallest absolute Gasteiger partial charge is 0.235 e. The van der Waals surface area contributed by atoms with E-state index in [1.165, 1.54) is 19.1 Å². The predicted molar refractivity (Wildman–Crippen MR) is 72.7 cm³/mol. The van der Waals surface area contributed by atoms with Gasteiger partial charge in [-0.25, -0.2) is 8.42 Å². The van der Waals surface area contributed by atoms with Crippen molar-refractivity contribution in [2.24, 2.45) is 5.73 Å². The Bertz CT molecular complexity index is 522. The molecule has 0 saturated carbocycles. The van der Waals surface area contributed by atoms with Gasteiger partial charge in [0.1, 0.15) is 11.0 Å². The van der Waals surface area contributed by atoms with Crippen molar-refractivity contribution in [1.29, 1.82) is 0 Å². The quantitative estimate of drug-likeness (QED) is 0.769. The van der Waals surface area contributed by atoms with Crippen LogP contribution in [0.25, 0.3) is 0 Å². The van der Waals surface area contributed by atoms with Crippen LogP contribution in [-0.4, -0.2) is 26.2 Å². The Morgan fingerprint density at radius 1 is 1.32 bits per heavy atom. The number of ether oxygens (including phenoxy) is 1. The molecule has 0 aliphatic carbocycles. The lowest BCUT2D eigenvalue weighted by Gasteiger charge is -2.10. The molecule has 1 amide bonds. The van der Waals surface area contributed by atoms with Gasteiger partial charge in [0.15, 0.2) is 9.84 Å². The number of nitrogens with two attached hydrogens (primary N) is 1. The number of carbonyl (C=O) groups is 1. The lowest BCUT2D eigenvalue weighted by Crippen LogP contribution is -2.33. The van der Waals surface area contributed by atoms with Gasteiger partial charge < -0.3 is 10.5 Å². The molecule has 1 atom stereocenters. The molecule has 0 bridgehead atoms. The van der Waals surface area contributed by atoms with E-state index >= 15 is 0 Å². The Kier molecular flexibility index (Phi) is 5.35. The number of unbranched alkanes of at least 4 members (excludes halogenated alkanes) is 1. The summed E-state index contributed by atoms with van der Waals surface area (Å²) in [5.41, 5.74) is 5.03. The summed E-state index contributed by atoms with van der Waals surface area (Å²) in [5.74, 6) is -0.248. The average Bonchev–Trinajstić information content (AvgIpc) is 2.38. The Labute approximate surface area is 113 Å². The van der Waals surface area contributed by atoms with Crippen molar-refractivity contribution in [3.63, 3.8) is 0 Å². The number of hydrogen-bond acceptors (Lipinski definition) is 4. The summed E-state index contributed by atoms with van der Waals surface area (Å²) in [4.78, 5) is 11.0. The van der Waals surface area contributed by atoms with Gasteiger partial charge in [-0.3, -0.25) is 4.79 Å². The first-order valence-corrected chi connectivity index (χ1v) is 7.70. The van der Waals surface area contributed by atoms with Crippen molar-refractivity contribution >= 4 is 15.7 Å². The first kappa shape index (κ1) is 15.5. The van der Waals surface area contributed by atoms with Crippen LogP contribution >= 0.6 is 0 Å². The van der Waals surface area contributed by atoms with E-state index in [-0.39, 0.29) is 4.90 Å². The molecular weight excluding hydrogens is 266 g/mol. The highest BCUT2D eigenvalue weighted by molar-refractivity contribution is 7.92. The van der Waals surface area contributed by atoms with Gasteiger partial charge >= 0.3 is 0 Å². The summed E-state index contributed by atoms with van der Waals surface area (Å²) >= 11 is 0. The first-order valence-electron chi connectivity index (χ1n) is 6.15. The van der Waals surface area contributed by atoms with E-state index in [0.717, 1.165) is 12.8 Å². The van der Waals surface area contributed by atoms with E-state index < -0.39 is 21.0 Å². The topological polar surface area (TPSA) is 86.5 Å². The van der Waals surface area contributed by atoms with Crippen molar-refractivity contribution in [3.8, 4) is 5.75 Å². The summed E-state index contributed by atoms with van der Waals surface area (Å²) in [6, 6.07) is 6.01. The van der Waals surface area contributed by atoms with Gasteiger partial charge in [0.05, 0.1) is 11.5 Å². The third-order valence-electron chi connectivity index (χ3n) is 2.79. The van der Waals surface area contributed by atoms with Crippen LogP contribution in [0.2, 0.25) is 0 Å². The lowest BCUT2D eigenvalue weighted by molar-refractivity contribution is -0.117. The van der Waals surface area contributed by atoms with Crippen LogP contribution in [-0.2, 0) is 14.6 Å². The Morgan fingerprint density at radius 2 is 1.89 bits per heavy atom. The van der Waals surface area contributed by atoms with Crippen molar-refractivity contribution in [2.45, 2.75) is 36.8 Å². The summed E-state index contributed by atoms with van der Waals surface area (Å²) in [5, 5.41) is -1.24. The zero-order chi connectivity index (χ0) is 14.5. The molecule has 1 rings (SSSR count). The summed E-state index contributed by atoms with van der Waals surface area (Å²) in [7, 11) is -3.71. The second kappa shape index (κ2) is 6.56. The van der Waals surface area contributed by atoms with Crippen LogP contribution < -0.4 is 10.5 Å². The van der Waals surface area contributed by atoms with Gasteiger partial charge in [-0.1, -0.05) is 13.3 Å². The molecule has 2 N–H and O–H groups in total. The average molecular weight is 285 g/mol. The SMILES string of the molecule is CCCCOc1ccc(S(=O)(=O)C(C)C(N)=O)cc1. The second-order valence-corrected chi connectivity index (χ2v) is 6.53. The van der Waals surface area contributed by atoms with Gasteiger partial charge in [-0.05, 0) is 37.6 Å². The van der Waals surface area contributed by atoms with Crippen LogP contribution in [0.3, 0.4) is 0 Å². The fourth-order valence-electron chi connectivity index (χ4n) is 1.42. The van der Waals surface area contributed by atoms with Crippen LogP contribution in [0.1, 0.15) is 26.7 Å². The first-order chi connectivity index (χ1) is 8.89. The molecule has 0 spiro atoms. The van der Waals surface area contributed by atoms with Crippen LogP contribution in [0.4, 0.5) is 0 Å². The van der Waals surface area contributed by atoms with Crippen LogP contribution in [0.5, 0.6) is 5.75 Å². The number of hydrogen-bond donors (Lipinski definition) is 1. The Morgan fingerprint density at radius 3 is 2.37 bits per heavy atom. The normalized spacial score (nSPS) is 12.9. The van der Waals surface area contributed by atoms with E-state index in [2.05, 4.69) is 6.92 Å². The molecule has 1 unspecified atom stereocenters. The predicted octanol–water partition coefficient (Wildman–Crippen LogP) is 1.51. The molecule has 19 heavy (non-hydrogen) atoms. The van der Waals surface area contributed by atoms with Gasteiger partial charge in [-0.15, -0.1) is 0 Å². The maximum Gasteiger partial charge on any atom is 0.235 e. The fraction of sp³-hybridized carbons (Fsp3) is 0.462. The number of carbonyl (C=O) groups excluding carboxylic acids is 1. The number of sulfone groups is 1. The maximum absolute atomic E-state index is 12.0. The molecular formula is C13H19NO4S. The second-order valence-electron chi connectivity index (χ2n) is 4.26. The largest absolute Gasteiger partial charge is 0.494 e. The molecule has 0 saturated heterocycles. The molecule has 5 nitrogen and oxygen atoms in total. The summed E-state index contributed by atoms with van der Waals surface area (Å²) in [6.07, 6.45) is 1.97. The van der Waals surface area contributed by atoms with Crippen molar-refractivity contribution < 1.29 is 17.9 Å². The highest BCUT2D eigenvalue weighted by Crippen LogP contribution is 2.20. The van der Waals surface area contributed by atoms with Gasteiger partial charge in [0.25, 0.3) is 0 Å². The van der Waals surface area contributed by atoms with E-state index in [9.17, 15) is 13.2 Å². The van der Waals surface area contributed by atoms with E-state index in [1.807, 2.05) is 0 Å². The molecule has 0 aliphatic heterocycles. The van der Waals surface area contributed by atoms with E-state index in [0.29, 0.717) is 12.4 Å². The zero-order valence-corrected chi connectivity index (χ0v) is 11.9. The van der Waals surface area contributed by atoms with Gasteiger partial charge in [-0.2, -0.15) is 0 Å². The van der Waals surface area contributed by atoms with Crippen molar-refractivity contribution in [3.05, 3.63) is 24.3 Å². The number of rotatable bonds is 7. The molecule has 0 radical (unpaired) electrons. The highest BCUT2D eigenvalue weighted by atomic mass is 32.2. The van der Waals surface area contributed by atoms with Crippen LogP contribution in [0.15, 0.2) is 29.2 Å². The molecule has 0 heterocycles. The van der Waals surface area contributed by atoms with Gasteiger partial charge in [0.2, 0.25) is 5.91 Å². The highest BCUT2D eigenvalue weighted by Gasteiger charge is 2.27. The molecule has 1 aromatic rings. The van der Waals surface area contributed by atoms with Crippen LogP contribution in [0, 0.1) is 0 Å². The van der Waals surface area contributed by atoms with E-state index in [4.69, 9.17) is 10.5 Å². The standard InChI is InChI=1S/C13H19NO4S/c1-3-4-9-18-11-5-7-12(8-6-11)19(16,17)10(2)13(14)15/h5-8,10H,3-4,9H2,1-2H3,(H2,14,15). The minimum atomic E-state index is -3.71. The van der Waals surface area contributed by atoms with Crippen molar-refractivity contribution in [1.82, 2.24) is 0 Å². The molecule has 6 heteroatoms. The third kappa shape index (κ3) is 3.96. The molecule has 0 aromatic heterocycles. The molecule has 0 aliphatic rings. The molecule has 1 aromatic carbocycles. The number of benzene rings is 1. The van der Waals surface area contributed by atoms with Gasteiger partial charge in [0, 0.05) is 0 Å². The fourth-order valence-corrected chi connectivity index (χ4v) is 2.65. The third-order valence-corrected chi connectivity index (χ3v) is 4.88. The zero-order valence-electron chi connectivity index (χ0n) is 11.1. The van der Waals surface area contributed by atoms with E-state index in [1.54, 1.807) is 12.1 Å². The lowest BCUT2D eigenvalue weighted by atomic mass is 10.3. The number of primary amides is 1.